The minimum Gasteiger partial charge on any atom is -0.359 e. The van der Waals surface area contributed by atoms with Crippen molar-refractivity contribution in [2.45, 2.75) is 50.6 Å². The standard InChI is InChI=1S/C19H33NO2Si2/c1-21-16-22-15-18(14-13-17-11-9-8-10-12-17)20-19(23(2,3)4)24(5,6)7/h8-12,18-20H,15-16H2,1-7H3. The Hall–Kier alpha value is -0.906. The summed E-state index contributed by atoms with van der Waals surface area (Å²) >= 11 is 0. The van der Waals surface area contributed by atoms with Crippen molar-refractivity contribution < 1.29 is 9.47 Å². The van der Waals surface area contributed by atoms with E-state index in [0.717, 1.165) is 5.56 Å². The highest BCUT2D eigenvalue weighted by molar-refractivity contribution is 6.96. The van der Waals surface area contributed by atoms with Crippen LogP contribution in [-0.2, 0) is 9.47 Å². The highest BCUT2D eigenvalue weighted by Gasteiger charge is 2.38. The maximum atomic E-state index is 5.60. The Labute approximate surface area is 150 Å². The van der Waals surface area contributed by atoms with Gasteiger partial charge in [0.25, 0.3) is 0 Å². The lowest BCUT2D eigenvalue weighted by Gasteiger charge is -2.40. The molecule has 1 aromatic carbocycles. The predicted molar refractivity (Wildman–Crippen MR) is 109 cm³/mol. The second kappa shape index (κ2) is 9.54. The molecule has 5 heteroatoms. The zero-order valence-electron chi connectivity index (χ0n) is 16.3. The third kappa shape index (κ3) is 7.78. The molecule has 0 spiro atoms. The lowest BCUT2D eigenvalue weighted by atomic mass is 10.2. The van der Waals surface area contributed by atoms with Gasteiger partial charge in [-0.05, 0) is 17.4 Å². The Balaban J connectivity index is 2.94. The van der Waals surface area contributed by atoms with E-state index < -0.39 is 16.1 Å². The summed E-state index contributed by atoms with van der Waals surface area (Å²) < 4.78 is 10.6. The van der Waals surface area contributed by atoms with Crippen molar-refractivity contribution in [2.75, 3.05) is 20.5 Å². The van der Waals surface area contributed by atoms with Gasteiger partial charge in [-0.15, -0.1) is 0 Å². The molecule has 0 heterocycles. The molecule has 3 nitrogen and oxygen atoms in total. The van der Waals surface area contributed by atoms with Gasteiger partial charge in [0.2, 0.25) is 0 Å². The maximum absolute atomic E-state index is 5.60. The summed E-state index contributed by atoms with van der Waals surface area (Å²) in [6.07, 6.45) is 0. The van der Waals surface area contributed by atoms with Crippen LogP contribution < -0.4 is 5.32 Å². The predicted octanol–water partition coefficient (Wildman–Crippen LogP) is 3.74. The lowest BCUT2D eigenvalue weighted by Crippen LogP contribution is -2.64. The van der Waals surface area contributed by atoms with E-state index in [2.05, 4.69) is 56.4 Å². The Morgan fingerprint density at radius 3 is 2.08 bits per heavy atom. The van der Waals surface area contributed by atoms with Gasteiger partial charge in [0.05, 0.1) is 28.8 Å². The molecule has 0 aromatic heterocycles. The van der Waals surface area contributed by atoms with Crippen LogP contribution in [0.5, 0.6) is 0 Å². The van der Waals surface area contributed by atoms with E-state index in [0.29, 0.717) is 18.7 Å². The molecule has 0 amide bonds. The molecule has 134 valence electrons. The first-order chi connectivity index (χ1) is 11.1. The Morgan fingerprint density at radius 1 is 1.00 bits per heavy atom. The van der Waals surface area contributed by atoms with Gasteiger partial charge in [-0.2, -0.15) is 0 Å². The molecule has 0 aliphatic rings. The van der Waals surface area contributed by atoms with Crippen LogP contribution in [0.3, 0.4) is 0 Å². The third-order valence-corrected chi connectivity index (χ3v) is 12.7. The molecule has 0 saturated carbocycles. The van der Waals surface area contributed by atoms with Gasteiger partial charge < -0.3 is 14.8 Å². The minimum atomic E-state index is -1.34. The zero-order valence-corrected chi connectivity index (χ0v) is 18.3. The summed E-state index contributed by atoms with van der Waals surface area (Å²) in [5.41, 5.74) is 1.04. The van der Waals surface area contributed by atoms with Crippen LogP contribution in [0.2, 0.25) is 39.3 Å². The quantitative estimate of drug-likeness (QED) is 0.330. The number of nitrogens with one attached hydrogen (secondary N) is 1. The van der Waals surface area contributed by atoms with E-state index in [-0.39, 0.29) is 6.04 Å². The van der Waals surface area contributed by atoms with Gasteiger partial charge in [-0.3, -0.25) is 0 Å². The van der Waals surface area contributed by atoms with E-state index in [4.69, 9.17) is 9.47 Å². The van der Waals surface area contributed by atoms with Gasteiger partial charge in [-0.25, -0.2) is 0 Å². The van der Waals surface area contributed by atoms with Crippen molar-refractivity contribution in [2.24, 2.45) is 0 Å². The highest BCUT2D eigenvalue weighted by atomic mass is 28.4. The summed E-state index contributed by atoms with van der Waals surface area (Å²) in [5.74, 6) is 6.65. The number of methoxy groups -OCH3 is 1. The van der Waals surface area contributed by atoms with Crippen LogP contribution >= 0.6 is 0 Å². The zero-order chi connectivity index (χ0) is 18.2. The smallest absolute Gasteiger partial charge is 0.146 e. The normalized spacial score (nSPS) is 13.5. The van der Waals surface area contributed by atoms with Crippen LogP contribution in [0, 0.1) is 11.8 Å². The average Bonchev–Trinajstić information content (AvgIpc) is 2.48. The summed E-state index contributed by atoms with van der Waals surface area (Å²) in [4.78, 5) is 0. The van der Waals surface area contributed by atoms with Crippen LogP contribution in [0.15, 0.2) is 30.3 Å². The molecule has 1 N–H and O–H groups in total. The summed E-state index contributed by atoms with van der Waals surface area (Å²) in [6.45, 7) is 15.4. The van der Waals surface area contributed by atoms with Crippen LogP contribution in [0.1, 0.15) is 5.56 Å². The van der Waals surface area contributed by atoms with Gasteiger partial charge >= 0.3 is 0 Å². The van der Waals surface area contributed by atoms with Crippen molar-refractivity contribution >= 4 is 16.1 Å². The Kier molecular flexibility index (Phi) is 8.41. The lowest BCUT2D eigenvalue weighted by molar-refractivity contribution is -0.0335. The van der Waals surface area contributed by atoms with Crippen molar-refractivity contribution in [3.63, 3.8) is 0 Å². The highest BCUT2D eigenvalue weighted by Crippen LogP contribution is 2.19. The number of ether oxygens (including phenoxy) is 2. The van der Waals surface area contributed by atoms with E-state index in [9.17, 15) is 0 Å². The topological polar surface area (TPSA) is 30.5 Å². The fourth-order valence-corrected chi connectivity index (χ4v) is 14.9. The number of rotatable bonds is 8. The minimum absolute atomic E-state index is 0.0174. The summed E-state index contributed by atoms with van der Waals surface area (Å²) in [7, 11) is -1.05. The molecule has 0 fully saturated rings. The maximum Gasteiger partial charge on any atom is 0.146 e. The molecular formula is C19H33NO2Si2. The molecule has 1 aromatic rings. The van der Waals surface area contributed by atoms with Crippen LogP contribution in [-0.4, -0.2) is 48.0 Å². The van der Waals surface area contributed by atoms with Gasteiger partial charge in [0.1, 0.15) is 6.79 Å². The van der Waals surface area contributed by atoms with Crippen molar-refractivity contribution in [1.29, 1.82) is 0 Å². The molecule has 1 rings (SSSR count). The Morgan fingerprint density at radius 2 is 1.58 bits per heavy atom. The summed E-state index contributed by atoms with van der Waals surface area (Å²) in [5, 5.41) is 4.41. The van der Waals surface area contributed by atoms with E-state index >= 15 is 0 Å². The second-order valence-corrected chi connectivity index (χ2v) is 19.5. The largest absolute Gasteiger partial charge is 0.359 e. The van der Waals surface area contributed by atoms with Crippen molar-refractivity contribution in [1.82, 2.24) is 5.32 Å². The van der Waals surface area contributed by atoms with Crippen molar-refractivity contribution in [3.8, 4) is 11.8 Å². The fourth-order valence-electron chi connectivity index (χ4n) is 3.07. The molecule has 0 aliphatic carbocycles. The molecular weight excluding hydrogens is 330 g/mol. The molecule has 1 unspecified atom stereocenters. The van der Waals surface area contributed by atoms with E-state index in [1.165, 1.54) is 0 Å². The molecule has 0 radical (unpaired) electrons. The van der Waals surface area contributed by atoms with E-state index in [1.807, 2.05) is 30.3 Å². The monoisotopic (exact) mass is 363 g/mol. The SMILES string of the molecule is COCOCC(C#Cc1ccccc1)NC([Si](C)(C)C)[Si](C)(C)C. The second-order valence-electron chi connectivity index (χ2n) is 8.30. The first-order valence-corrected chi connectivity index (χ1v) is 15.7. The molecule has 1 atom stereocenters. The van der Waals surface area contributed by atoms with Gasteiger partial charge in [-0.1, -0.05) is 69.3 Å². The van der Waals surface area contributed by atoms with Gasteiger partial charge in [0, 0.05) is 12.7 Å². The number of hydrogen-bond donors (Lipinski definition) is 1. The first kappa shape index (κ1) is 21.1. The van der Waals surface area contributed by atoms with Crippen LogP contribution in [0.4, 0.5) is 0 Å². The number of hydrogen-bond acceptors (Lipinski definition) is 3. The fraction of sp³-hybridized carbons (Fsp3) is 0.579. The molecule has 24 heavy (non-hydrogen) atoms. The third-order valence-electron chi connectivity index (χ3n) is 3.75. The Bertz CT molecular complexity index is 524. The first-order valence-electron chi connectivity index (χ1n) is 8.54. The van der Waals surface area contributed by atoms with Crippen LogP contribution in [0.25, 0.3) is 0 Å². The van der Waals surface area contributed by atoms with Crippen molar-refractivity contribution in [3.05, 3.63) is 35.9 Å². The molecule has 0 saturated heterocycles. The number of benzene rings is 1. The van der Waals surface area contributed by atoms with E-state index in [1.54, 1.807) is 7.11 Å². The summed E-state index contributed by atoms with van der Waals surface area (Å²) in [6, 6.07) is 10.1. The molecule has 0 aliphatic heterocycles. The van der Waals surface area contributed by atoms with Gasteiger partial charge in [0.15, 0.2) is 0 Å². The molecule has 0 bridgehead atoms. The average molecular weight is 364 g/mol.